The minimum absolute atomic E-state index is 0.353. The number of nitrogens with zero attached hydrogens (tertiary/aromatic N) is 4. The van der Waals surface area contributed by atoms with Crippen LogP contribution in [-0.4, -0.2) is 67.6 Å². The van der Waals surface area contributed by atoms with Crippen LogP contribution >= 0.6 is 11.3 Å². The van der Waals surface area contributed by atoms with E-state index in [1.165, 1.54) is 11.3 Å². The molecule has 0 bridgehead atoms. The number of ether oxygens (including phenoxy) is 1. The molecule has 21 heavy (non-hydrogen) atoms. The fourth-order valence-electron chi connectivity index (χ4n) is 2.78. The summed E-state index contributed by atoms with van der Waals surface area (Å²) in [5, 5.41) is 9.53. The second-order valence-electron chi connectivity index (χ2n) is 5.37. The van der Waals surface area contributed by atoms with Crippen LogP contribution in [0.15, 0.2) is 0 Å². The lowest BCUT2D eigenvalue weighted by Gasteiger charge is -2.36. The van der Waals surface area contributed by atoms with Gasteiger partial charge in [-0.15, -0.1) is 10.2 Å². The summed E-state index contributed by atoms with van der Waals surface area (Å²) >= 11 is 1.52. The quantitative estimate of drug-likeness (QED) is 0.801. The van der Waals surface area contributed by atoms with Crippen LogP contribution in [0.5, 0.6) is 0 Å². The third-order valence-corrected chi connectivity index (χ3v) is 7.13. The molecule has 1 aromatic heterocycles. The van der Waals surface area contributed by atoms with Gasteiger partial charge in [0.2, 0.25) is 15.2 Å². The van der Waals surface area contributed by atoms with Crippen LogP contribution in [0.3, 0.4) is 0 Å². The van der Waals surface area contributed by atoms with E-state index < -0.39 is 10.0 Å². The average Bonchev–Trinajstić information content (AvgIpc) is 2.95. The maximum atomic E-state index is 12.7. The smallest absolute Gasteiger partial charge is 0.218 e. The van der Waals surface area contributed by atoms with Gasteiger partial charge < -0.3 is 9.64 Å². The van der Waals surface area contributed by atoms with Crippen LogP contribution in [0, 0.1) is 6.92 Å². The zero-order valence-corrected chi connectivity index (χ0v) is 13.7. The first-order valence-corrected chi connectivity index (χ1v) is 9.51. The number of morpholine rings is 1. The topological polar surface area (TPSA) is 75.6 Å². The number of sulfonamides is 1. The lowest BCUT2D eigenvalue weighted by Crippen LogP contribution is -2.50. The molecular formula is C12H20N4O3S2. The Hall–Kier alpha value is -0.770. The number of aryl methyl sites for hydroxylation is 1. The van der Waals surface area contributed by atoms with Crippen molar-refractivity contribution in [3.05, 3.63) is 5.01 Å². The highest BCUT2D eigenvalue weighted by Gasteiger charge is 2.36. The molecule has 2 aliphatic heterocycles. The van der Waals surface area contributed by atoms with Crippen molar-refractivity contribution < 1.29 is 13.2 Å². The normalized spacial score (nSPS) is 25.2. The molecule has 9 heteroatoms. The molecule has 3 rings (SSSR count). The van der Waals surface area contributed by atoms with Gasteiger partial charge in [-0.05, 0) is 19.8 Å². The lowest BCUT2D eigenvalue weighted by atomic mass is 10.1. The fraction of sp³-hybridized carbons (Fsp3) is 0.833. The molecule has 0 N–H and O–H groups in total. The van der Waals surface area contributed by atoms with E-state index in [1.807, 2.05) is 6.92 Å². The Labute approximate surface area is 129 Å². The molecule has 118 valence electrons. The highest BCUT2D eigenvalue weighted by molar-refractivity contribution is 7.89. The molecule has 2 saturated heterocycles. The Bertz CT molecular complexity index is 583. The number of piperidine rings is 1. The van der Waals surface area contributed by atoms with Gasteiger partial charge in [-0.25, -0.2) is 8.42 Å². The summed E-state index contributed by atoms with van der Waals surface area (Å²) in [5.41, 5.74) is 0. The fourth-order valence-corrected chi connectivity index (χ4v) is 5.42. The molecule has 2 fully saturated rings. The SMILES string of the molecule is Cc1nnc(N2CCC[C@H](S(=O)(=O)N3CCOCC3)C2)s1. The van der Waals surface area contributed by atoms with Crippen LogP contribution < -0.4 is 4.90 Å². The predicted octanol–water partition coefficient (Wildman–Crippen LogP) is 0.477. The van der Waals surface area contributed by atoms with Crippen molar-refractivity contribution in [3.63, 3.8) is 0 Å². The molecule has 0 amide bonds. The minimum Gasteiger partial charge on any atom is -0.379 e. The van der Waals surface area contributed by atoms with Gasteiger partial charge in [0, 0.05) is 26.2 Å². The van der Waals surface area contributed by atoms with E-state index in [0.29, 0.717) is 39.3 Å². The largest absolute Gasteiger partial charge is 0.379 e. The van der Waals surface area contributed by atoms with E-state index in [-0.39, 0.29) is 5.25 Å². The molecular weight excluding hydrogens is 312 g/mol. The standard InChI is InChI=1S/C12H20N4O3S2/c1-10-13-14-12(20-10)15-4-2-3-11(9-15)21(17,18)16-5-7-19-8-6-16/h11H,2-9H2,1H3/t11-/m0/s1. The Kier molecular flexibility index (Phi) is 4.43. The summed E-state index contributed by atoms with van der Waals surface area (Å²) < 4.78 is 32.3. The van der Waals surface area contributed by atoms with Crippen molar-refractivity contribution in [2.45, 2.75) is 25.0 Å². The van der Waals surface area contributed by atoms with Crippen molar-refractivity contribution in [2.75, 3.05) is 44.3 Å². The van der Waals surface area contributed by atoms with Crippen molar-refractivity contribution in [2.24, 2.45) is 0 Å². The van der Waals surface area contributed by atoms with Gasteiger partial charge in [-0.1, -0.05) is 11.3 Å². The van der Waals surface area contributed by atoms with Crippen LogP contribution in [0.1, 0.15) is 17.8 Å². The lowest BCUT2D eigenvalue weighted by molar-refractivity contribution is 0.0725. The van der Waals surface area contributed by atoms with Crippen LogP contribution in [0.2, 0.25) is 0 Å². The Morgan fingerprint density at radius 1 is 1.24 bits per heavy atom. The second-order valence-corrected chi connectivity index (χ2v) is 8.74. The zero-order valence-electron chi connectivity index (χ0n) is 12.1. The highest BCUT2D eigenvalue weighted by atomic mass is 32.2. The Morgan fingerprint density at radius 3 is 2.67 bits per heavy atom. The van der Waals surface area contributed by atoms with E-state index in [0.717, 1.165) is 23.1 Å². The predicted molar refractivity (Wildman–Crippen MR) is 81.2 cm³/mol. The summed E-state index contributed by atoms with van der Waals surface area (Å²) in [6.07, 6.45) is 1.58. The van der Waals surface area contributed by atoms with Gasteiger partial charge in [0.15, 0.2) is 0 Å². The number of hydrogen-bond donors (Lipinski definition) is 0. The van der Waals surface area contributed by atoms with Crippen molar-refractivity contribution in [3.8, 4) is 0 Å². The first kappa shape index (κ1) is 15.1. The number of aromatic nitrogens is 2. The maximum absolute atomic E-state index is 12.7. The third-order valence-electron chi connectivity index (χ3n) is 3.92. The summed E-state index contributed by atoms with van der Waals surface area (Å²) in [4.78, 5) is 2.05. The van der Waals surface area contributed by atoms with Gasteiger partial charge in [-0.3, -0.25) is 0 Å². The monoisotopic (exact) mass is 332 g/mol. The number of rotatable bonds is 3. The number of anilines is 1. The van der Waals surface area contributed by atoms with Gasteiger partial charge in [-0.2, -0.15) is 4.31 Å². The van der Waals surface area contributed by atoms with Crippen molar-refractivity contribution >= 4 is 26.5 Å². The molecule has 7 nitrogen and oxygen atoms in total. The average molecular weight is 332 g/mol. The molecule has 0 radical (unpaired) electrons. The highest BCUT2D eigenvalue weighted by Crippen LogP contribution is 2.27. The molecule has 0 unspecified atom stereocenters. The number of hydrogen-bond acceptors (Lipinski definition) is 7. The molecule has 0 saturated carbocycles. The Balaban J connectivity index is 1.73. The summed E-state index contributed by atoms with van der Waals surface area (Å²) in [6.45, 7) is 5.19. The van der Waals surface area contributed by atoms with Gasteiger partial charge in [0.25, 0.3) is 0 Å². The minimum atomic E-state index is -3.25. The third kappa shape index (κ3) is 3.20. The molecule has 0 spiro atoms. The van der Waals surface area contributed by atoms with E-state index in [4.69, 9.17) is 4.74 Å². The molecule has 2 aliphatic rings. The van der Waals surface area contributed by atoms with Gasteiger partial charge in [0.1, 0.15) is 5.01 Å². The molecule has 0 aromatic carbocycles. The molecule has 1 aromatic rings. The molecule has 0 aliphatic carbocycles. The van der Waals surface area contributed by atoms with Crippen molar-refractivity contribution in [1.82, 2.24) is 14.5 Å². The summed E-state index contributed by atoms with van der Waals surface area (Å²) in [7, 11) is -3.25. The second kappa shape index (κ2) is 6.15. The van der Waals surface area contributed by atoms with Crippen molar-refractivity contribution in [1.29, 1.82) is 0 Å². The first-order chi connectivity index (χ1) is 10.1. The van der Waals surface area contributed by atoms with E-state index in [1.54, 1.807) is 4.31 Å². The van der Waals surface area contributed by atoms with Gasteiger partial charge in [0.05, 0.1) is 18.5 Å². The van der Waals surface area contributed by atoms with Crippen LogP contribution in [-0.2, 0) is 14.8 Å². The van der Waals surface area contributed by atoms with Crippen LogP contribution in [0.4, 0.5) is 5.13 Å². The summed E-state index contributed by atoms with van der Waals surface area (Å²) in [6, 6.07) is 0. The first-order valence-electron chi connectivity index (χ1n) is 7.19. The molecule has 1 atom stereocenters. The van der Waals surface area contributed by atoms with Gasteiger partial charge >= 0.3 is 0 Å². The summed E-state index contributed by atoms with van der Waals surface area (Å²) in [5.74, 6) is 0. The van der Waals surface area contributed by atoms with E-state index in [9.17, 15) is 8.42 Å². The van der Waals surface area contributed by atoms with E-state index in [2.05, 4.69) is 15.1 Å². The van der Waals surface area contributed by atoms with Crippen LogP contribution in [0.25, 0.3) is 0 Å². The zero-order chi connectivity index (χ0) is 14.9. The maximum Gasteiger partial charge on any atom is 0.218 e. The Morgan fingerprint density at radius 2 is 2.00 bits per heavy atom. The molecule has 3 heterocycles. The van der Waals surface area contributed by atoms with E-state index >= 15 is 0 Å².